The van der Waals surface area contributed by atoms with Crippen molar-refractivity contribution >= 4 is 17.7 Å². The standard InChI is InChI=1S/C14H19N5O2S/c1-4-16-13(20)9(2)22-14-18-17-12(19(14)15)10-5-7-11(21-3)8-6-10/h5-9H,4,15H2,1-3H3,(H,16,20)/t9-/m1/s1. The summed E-state index contributed by atoms with van der Waals surface area (Å²) in [6.07, 6.45) is 0. The van der Waals surface area contributed by atoms with Crippen LogP contribution >= 0.6 is 11.8 Å². The maximum absolute atomic E-state index is 11.8. The van der Waals surface area contributed by atoms with Gasteiger partial charge in [0.25, 0.3) is 0 Å². The maximum atomic E-state index is 11.8. The molecule has 2 rings (SSSR count). The van der Waals surface area contributed by atoms with Gasteiger partial charge in [-0.3, -0.25) is 4.79 Å². The van der Waals surface area contributed by atoms with E-state index in [0.29, 0.717) is 17.5 Å². The number of hydrogen-bond donors (Lipinski definition) is 2. The molecule has 1 atom stereocenters. The van der Waals surface area contributed by atoms with E-state index in [1.54, 1.807) is 14.0 Å². The Labute approximate surface area is 133 Å². The second-order valence-corrected chi connectivity index (χ2v) is 5.87. The van der Waals surface area contributed by atoms with Crippen LogP contribution in [0.4, 0.5) is 0 Å². The van der Waals surface area contributed by atoms with E-state index in [9.17, 15) is 4.79 Å². The Morgan fingerprint density at radius 3 is 2.68 bits per heavy atom. The number of benzene rings is 1. The van der Waals surface area contributed by atoms with Crippen molar-refractivity contribution in [3.8, 4) is 17.1 Å². The highest BCUT2D eigenvalue weighted by Crippen LogP contribution is 2.25. The molecule has 0 bridgehead atoms. The van der Waals surface area contributed by atoms with Gasteiger partial charge in [0.1, 0.15) is 5.75 Å². The number of aromatic nitrogens is 3. The predicted octanol–water partition coefficient (Wildman–Crippen LogP) is 1.28. The van der Waals surface area contributed by atoms with Crippen molar-refractivity contribution in [2.24, 2.45) is 0 Å². The minimum atomic E-state index is -0.296. The lowest BCUT2D eigenvalue weighted by atomic mass is 10.2. The van der Waals surface area contributed by atoms with Gasteiger partial charge in [0, 0.05) is 12.1 Å². The first-order chi connectivity index (χ1) is 10.6. The summed E-state index contributed by atoms with van der Waals surface area (Å²) in [5, 5.41) is 11.1. The van der Waals surface area contributed by atoms with Crippen LogP contribution in [0.15, 0.2) is 29.4 Å². The number of rotatable bonds is 6. The molecule has 2 aromatic rings. The molecule has 0 aliphatic carbocycles. The number of methoxy groups -OCH3 is 1. The number of nitrogens with two attached hydrogens (primary N) is 1. The molecule has 0 aliphatic heterocycles. The van der Waals surface area contributed by atoms with Crippen LogP contribution in [0.2, 0.25) is 0 Å². The van der Waals surface area contributed by atoms with E-state index in [0.717, 1.165) is 11.3 Å². The molecule has 0 radical (unpaired) electrons. The van der Waals surface area contributed by atoms with Crippen molar-refractivity contribution in [3.05, 3.63) is 24.3 Å². The summed E-state index contributed by atoms with van der Waals surface area (Å²) >= 11 is 1.27. The number of thioether (sulfide) groups is 1. The summed E-state index contributed by atoms with van der Waals surface area (Å²) in [4.78, 5) is 11.8. The summed E-state index contributed by atoms with van der Waals surface area (Å²) in [6, 6.07) is 7.37. The smallest absolute Gasteiger partial charge is 0.233 e. The normalized spacial score (nSPS) is 12.0. The van der Waals surface area contributed by atoms with Gasteiger partial charge < -0.3 is 15.9 Å². The molecule has 1 aromatic carbocycles. The van der Waals surface area contributed by atoms with Crippen LogP contribution in [-0.4, -0.2) is 39.7 Å². The van der Waals surface area contributed by atoms with Gasteiger partial charge in [-0.1, -0.05) is 11.8 Å². The van der Waals surface area contributed by atoms with Crippen molar-refractivity contribution in [2.45, 2.75) is 24.3 Å². The molecule has 0 aliphatic rings. The average molecular weight is 321 g/mol. The van der Waals surface area contributed by atoms with Crippen LogP contribution in [0.1, 0.15) is 13.8 Å². The maximum Gasteiger partial charge on any atom is 0.233 e. The molecule has 8 heteroatoms. The van der Waals surface area contributed by atoms with Crippen molar-refractivity contribution in [1.82, 2.24) is 20.2 Å². The predicted molar refractivity (Wildman–Crippen MR) is 86.2 cm³/mol. The molecule has 3 N–H and O–H groups in total. The van der Waals surface area contributed by atoms with Crippen molar-refractivity contribution in [1.29, 1.82) is 0 Å². The number of hydrogen-bond acceptors (Lipinski definition) is 6. The third-order valence-corrected chi connectivity index (χ3v) is 4.07. The first-order valence-corrected chi connectivity index (χ1v) is 7.74. The molecule has 1 aromatic heterocycles. The minimum absolute atomic E-state index is 0.0542. The van der Waals surface area contributed by atoms with Crippen molar-refractivity contribution in [3.63, 3.8) is 0 Å². The Hall–Kier alpha value is -2.22. The average Bonchev–Trinajstić information content (AvgIpc) is 2.88. The van der Waals surface area contributed by atoms with Gasteiger partial charge in [-0.05, 0) is 38.1 Å². The first-order valence-electron chi connectivity index (χ1n) is 6.86. The van der Waals surface area contributed by atoms with E-state index in [1.807, 2.05) is 31.2 Å². The van der Waals surface area contributed by atoms with Gasteiger partial charge >= 0.3 is 0 Å². The third kappa shape index (κ3) is 3.51. The fourth-order valence-electron chi connectivity index (χ4n) is 1.82. The van der Waals surface area contributed by atoms with Gasteiger partial charge in [-0.25, -0.2) is 4.68 Å². The fourth-order valence-corrected chi connectivity index (χ4v) is 2.62. The summed E-state index contributed by atoms with van der Waals surface area (Å²) < 4.78 is 6.51. The molecule has 0 unspecified atom stereocenters. The third-order valence-electron chi connectivity index (χ3n) is 3.02. The highest BCUT2D eigenvalue weighted by atomic mass is 32.2. The lowest BCUT2D eigenvalue weighted by Gasteiger charge is -2.10. The Morgan fingerprint density at radius 2 is 2.09 bits per heavy atom. The Morgan fingerprint density at radius 1 is 1.41 bits per heavy atom. The summed E-state index contributed by atoms with van der Waals surface area (Å²) in [6.45, 7) is 4.27. The van der Waals surface area contributed by atoms with Gasteiger partial charge in [0.05, 0.1) is 12.4 Å². The zero-order valence-electron chi connectivity index (χ0n) is 12.7. The highest BCUT2D eigenvalue weighted by Gasteiger charge is 2.19. The number of nitrogen functional groups attached to an aromatic ring is 1. The van der Waals surface area contributed by atoms with Crippen LogP contribution in [-0.2, 0) is 4.79 Å². The van der Waals surface area contributed by atoms with E-state index >= 15 is 0 Å². The van der Waals surface area contributed by atoms with Gasteiger partial charge in [0.15, 0.2) is 5.82 Å². The van der Waals surface area contributed by atoms with Gasteiger partial charge in [-0.15, -0.1) is 10.2 Å². The number of carbonyl (C=O) groups is 1. The van der Waals surface area contributed by atoms with Gasteiger partial charge in [0.2, 0.25) is 11.1 Å². The van der Waals surface area contributed by atoms with Gasteiger partial charge in [-0.2, -0.15) is 0 Å². The molecule has 1 heterocycles. The van der Waals surface area contributed by atoms with Crippen LogP contribution < -0.4 is 15.9 Å². The number of nitrogens with one attached hydrogen (secondary N) is 1. The van der Waals surface area contributed by atoms with Crippen LogP contribution in [0, 0.1) is 0 Å². The van der Waals surface area contributed by atoms with Crippen LogP contribution in [0.25, 0.3) is 11.4 Å². The summed E-state index contributed by atoms with van der Waals surface area (Å²) in [5.41, 5.74) is 0.827. The van der Waals surface area contributed by atoms with E-state index < -0.39 is 0 Å². The monoisotopic (exact) mass is 321 g/mol. The Balaban J connectivity index is 2.16. The highest BCUT2D eigenvalue weighted by molar-refractivity contribution is 8.00. The summed E-state index contributed by atoms with van der Waals surface area (Å²) in [7, 11) is 1.61. The van der Waals surface area contributed by atoms with E-state index in [4.69, 9.17) is 10.6 Å². The lowest BCUT2D eigenvalue weighted by Crippen LogP contribution is -2.31. The second-order valence-electron chi connectivity index (χ2n) is 4.56. The molecule has 0 spiro atoms. The number of carbonyl (C=O) groups excluding carboxylic acids is 1. The number of amides is 1. The fraction of sp³-hybridized carbons (Fsp3) is 0.357. The second kappa shape index (κ2) is 7.17. The first kappa shape index (κ1) is 16.2. The molecule has 0 fully saturated rings. The molecule has 0 saturated heterocycles. The van der Waals surface area contributed by atoms with E-state index in [1.165, 1.54) is 16.4 Å². The topological polar surface area (TPSA) is 95.1 Å². The molecular weight excluding hydrogens is 302 g/mol. The minimum Gasteiger partial charge on any atom is -0.497 e. The number of nitrogens with zero attached hydrogens (tertiary/aromatic N) is 3. The zero-order valence-corrected chi connectivity index (χ0v) is 13.6. The lowest BCUT2D eigenvalue weighted by molar-refractivity contribution is -0.120. The molecule has 7 nitrogen and oxygen atoms in total. The Kier molecular flexibility index (Phi) is 5.26. The molecular formula is C14H19N5O2S. The van der Waals surface area contributed by atoms with E-state index in [-0.39, 0.29) is 11.2 Å². The molecule has 118 valence electrons. The molecule has 0 saturated carbocycles. The number of ether oxygens (including phenoxy) is 1. The van der Waals surface area contributed by atoms with Crippen molar-refractivity contribution < 1.29 is 9.53 Å². The summed E-state index contributed by atoms with van der Waals surface area (Å²) in [5.74, 6) is 7.27. The largest absolute Gasteiger partial charge is 0.497 e. The SMILES string of the molecule is CCNC(=O)[C@@H](C)Sc1nnc(-c2ccc(OC)cc2)n1N. The van der Waals surface area contributed by atoms with Crippen LogP contribution in [0.3, 0.4) is 0 Å². The molecule has 1 amide bonds. The van der Waals surface area contributed by atoms with E-state index in [2.05, 4.69) is 15.5 Å². The zero-order chi connectivity index (χ0) is 16.1. The Bertz CT molecular complexity index is 641. The molecule has 22 heavy (non-hydrogen) atoms. The van der Waals surface area contributed by atoms with Crippen molar-refractivity contribution in [2.75, 3.05) is 19.5 Å². The quantitative estimate of drug-likeness (QED) is 0.615. The van der Waals surface area contributed by atoms with Crippen LogP contribution in [0.5, 0.6) is 5.75 Å².